The lowest BCUT2D eigenvalue weighted by Crippen LogP contribution is -2.25. The summed E-state index contributed by atoms with van der Waals surface area (Å²) in [5.41, 5.74) is 1.25. The van der Waals surface area contributed by atoms with Gasteiger partial charge in [0.05, 0.1) is 24.2 Å². The molecule has 1 aliphatic rings. The fraction of sp³-hybridized carbons (Fsp3) is 0.750. The summed E-state index contributed by atoms with van der Waals surface area (Å²) in [6.07, 6.45) is 5.26. The van der Waals surface area contributed by atoms with Crippen molar-refractivity contribution in [2.24, 2.45) is 0 Å². The molecule has 2 rings (SSSR count). The Kier molecular flexibility index (Phi) is 3.61. The highest BCUT2D eigenvalue weighted by Gasteiger charge is 2.26. The second-order valence-electron chi connectivity index (χ2n) is 4.76. The first-order chi connectivity index (χ1) is 7.68. The average molecular weight is 223 g/mol. The molecule has 1 fully saturated rings. The molecule has 0 saturated carbocycles. The normalized spacial score (nSPS) is 25.5. The van der Waals surface area contributed by atoms with E-state index in [-0.39, 0.29) is 0 Å². The molecular formula is C12H21N3O. The monoisotopic (exact) mass is 223 g/mol. The molecule has 2 atom stereocenters. The summed E-state index contributed by atoms with van der Waals surface area (Å²) in [6, 6.07) is 0.951. The maximum atomic E-state index is 5.60. The fourth-order valence-electron chi connectivity index (χ4n) is 2.16. The van der Waals surface area contributed by atoms with Gasteiger partial charge in [-0.05, 0) is 13.3 Å². The van der Waals surface area contributed by atoms with Crippen LogP contribution in [0.4, 0.5) is 0 Å². The molecular weight excluding hydrogens is 202 g/mol. The third kappa shape index (κ3) is 2.44. The van der Waals surface area contributed by atoms with Crippen molar-refractivity contribution in [1.29, 1.82) is 0 Å². The molecule has 0 aromatic carbocycles. The van der Waals surface area contributed by atoms with Crippen molar-refractivity contribution in [3.63, 3.8) is 0 Å². The Hall–Kier alpha value is -0.870. The SMILES string of the molecule is CC(C)NCc1cncn1C1CCOC1C. The number of hydrogen-bond acceptors (Lipinski definition) is 3. The zero-order chi connectivity index (χ0) is 11.5. The number of nitrogens with zero attached hydrogens (tertiary/aromatic N) is 2. The van der Waals surface area contributed by atoms with Crippen LogP contribution in [0.1, 0.15) is 38.9 Å². The molecule has 1 aromatic rings. The molecule has 0 radical (unpaired) electrons. The van der Waals surface area contributed by atoms with Crippen LogP contribution in [0.15, 0.2) is 12.5 Å². The fourth-order valence-corrected chi connectivity index (χ4v) is 2.16. The highest BCUT2D eigenvalue weighted by atomic mass is 16.5. The first-order valence-corrected chi connectivity index (χ1v) is 6.04. The van der Waals surface area contributed by atoms with E-state index in [2.05, 4.69) is 35.6 Å². The van der Waals surface area contributed by atoms with Gasteiger partial charge in [0.25, 0.3) is 0 Å². The number of nitrogens with one attached hydrogen (secondary N) is 1. The van der Waals surface area contributed by atoms with Gasteiger partial charge in [0.15, 0.2) is 0 Å². The van der Waals surface area contributed by atoms with E-state index in [0.717, 1.165) is 19.6 Å². The van der Waals surface area contributed by atoms with Crippen LogP contribution in [0.2, 0.25) is 0 Å². The van der Waals surface area contributed by atoms with Gasteiger partial charge in [-0.25, -0.2) is 4.98 Å². The van der Waals surface area contributed by atoms with Crippen molar-refractivity contribution in [2.45, 2.75) is 51.9 Å². The van der Waals surface area contributed by atoms with Gasteiger partial charge in [-0.2, -0.15) is 0 Å². The molecule has 2 unspecified atom stereocenters. The van der Waals surface area contributed by atoms with Crippen molar-refractivity contribution in [3.8, 4) is 0 Å². The molecule has 4 nitrogen and oxygen atoms in total. The second kappa shape index (κ2) is 4.97. The molecule has 2 heterocycles. The molecule has 1 saturated heterocycles. The van der Waals surface area contributed by atoms with Gasteiger partial charge < -0.3 is 14.6 Å². The molecule has 0 bridgehead atoms. The first kappa shape index (κ1) is 11.6. The lowest BCUT2D eigenvalue weighted by molar-refractivity contribution is 0.107. The zero-order valence-electron chi connectivity index (χ0n) is 10.3. The number of aromatic nitrogens is 2. The Bertz CT molecular complexity index is 335. The largest absolute Gasteiger partial charge is 0.376 e. The molecule has 0 aliphatic carbocycles. The Labute approximate surface area is 97.0 Å². The maximum absolute atomic E-state index is 5.60. The quantitative estimate of drug-likeness (QED) is 0.845. The van der Waals surface area contributed by atoms with Gasteiger partial charge in [-0.1, -0.05) is 13.8 Å². The molecule has 16 heavy (non-hydrogen) atoms. The summed E-state index contributed by atoms with van der Waals surface area (Å²) < 4.78 is 7.86. The van der Waals surface area contributed by atoms with Crippen LogP contribution in [0.3, 0.4) is 0 Å². The third-order valence-corrected chi connectivity index (χ3v) is 3.13. The molecule has 1 aromatic heterocycles. The predicted octanol–water partition coefficient (Wildman–Crippen LogP) is 1.73. The topological polar surface area (TPSA) is 39.1 Å². The zero-order valence-corrected chi connectivity index (χ0v) is 10.3. The van der Waals surface area contributed by atoms with Gasteiger partial charge in [0.2, 0.25) is 0 Å². The summed E-state index contributed by atoms with van der Waals surface area (Å²) >= 11 is 0. The van der Waals surface area contributed by atoms with Crippen molar-refractivity contribution >= 4 is 0 Å². The highest BCUT2D eigenvalue weighted by molar-refractivity contribution is 5.02. The summed E-state index contributed by atoms with van der Waals surface area (Å²) in [4.78, 5) is 4.25. The van der Waals surface area contributed by atoms with Crippen molar-refractivity contribution in [3.05, 3.63) is 18.2 Å². The van der Waals surface area contributed by atoms with E-state index in [1.54, 1.807) is 0 Å². The minimum atomic E-state index is 0.298. The molecule has 1 N–H and O–H groups in total. The lowest BCUT2D eigenvalue weighted by Gasteiger charge is -2.19. The molecule has 1 aliphatic heterocycles. The number of rotatable bonds is 4. The van der Waals surface area contributed by atoms with Crippen LogP contribution in [0, 0.1) is 0 Å². The van der Waals surface area contributed by atoms with Gasteiger partial charge in [-0.3, -0.25) is 0 Å². The maximum Gasteiger partial charge on any atom is 0.0952 e. The van der Waals surface area contributed by atoms with Crippen LogP contribution in [-0.4, -0.2) is 28.3 Å². The Balaban J connectivity index is 2.06. The number of hydrogen-bond donors (Lipinski definition) is 1. The van der Waals surface area contributed by atoms with E-state index in [1.165, 1.54) is 5.69 Å². The Morgan fingerprint density at radius 3 is 3.06 bits per heavy atom. The molecule has 0 spiro atoms. The summed E-state index contributed by atoms with van der Waals surface area (Å²) in [5.74, 6) is 0. The average Bonchev–Trinajstić information content (AvgIpc) is 2.82. The van der Waals surface area contributed by atoms with Gasteiger partial charge in [-0.15, -0.1) is 0 Å². The van der Waals surface area contributed by atoms with E-state index < -0.39 is 0 Å². The van der Waals surface area contributed by atoms with Crippen LogP contribution in [-0.2, 0) is 11.3 Å². The van der Waals surface area contributed by atoms with E-state index >= 15 is 0 Å². The van der Waals surface area contributed by atoms with Gasteiger partial charge in [0, 0.05) is 25.4 Å². The summed E-state index contributed by atoms with van der Waals surface area (Å²) in [7, 11) is 0. The Morgan fingerprint density at radius 1 is 1.62 bits per heavy atom. The summed E-state index contributed by atoms with van der Waals surface area (Å²) in [5, 5.41) is 3.42. The second-order valence-corrected chi connectivity index (χ2v) is 4.76. The molecule has 90 valence electrons. The van der Waals surface area contributed by atoms with Crippen LogP contribution >= 0.6 is 0 Å². The van der Waals surface area contributed by atoms with Gasteiger partial charge in [0.1, 0.15) is 0 Å². The van der Waals surface area contributed by atoms with Crippen molar-refractivity contribution < 1.29 is 4.74 Å². The van der Waals surface area contributed by atoms with Gasteiger partial charge >= 0.3 is 0 Å². The number of imidazole rings is 1. The predicted molar refractivity (Wildman–Crippen MR) is 63.3 cm³/mol. The smallest absolute Gasteiger partial charge is 0.0952 e. The molecule has 0 amide bonds. The van der Waals surface area contributed by atoms with E-state index in [1.807, 2.05) is 12.5 Å². The standard InChI is InChI=1S/C12H21N3O/c1-9(2)14-7-11-6-13-8-15(11)12-4-5-16-10(12)3/h6,8-10,12,14H,4-5,7H2,1-3H3. The molecule has 4 heteroatoms. The minimum Gasteiger partial charge on any atom is -0.376 e. The van der Waals surface area contributed by atoms with Crippen LogP contribution in [0.5, 0.6) is 0 Å². The van der Waals surface area contributed by atoms with Crippen LogP contribution in [0.25, 0.3) is 0 Å². The first-order valence-electron chi connectivity index (χ1n) is 6.04. The Morgan fingerprint density at radius 2 is 2.44 bits per heavy atom. The lowest BCUT2D eigenvalue weighted by atomic mass is 10.1. The van der Waals surface area contributed by atoms with E-state index in [9.17, 15) is 0 Å². The van der Waals surface area contributed by atoms with E-state index in [4.69, 9.17) is 4.74 Å². The van der Waals surface area contributed by atoms with Crippen molar-refractivity contribution in [2.75, 3.05) is 6.61 Å². The van der Waals surface area contributed by atoms with E-state index in [0.29, 0.717) is 18.2 Å². The minimum absolute atomic E-state index is 0.298. The highest BCUT2D eigenvalue weighted by Crippen LogP contribution is 2.26. The number of ether oxygens (including phenoxy) is 1. The van der Waals surface area contributed by atoms with Crippen LogP contribution < -0.4 is 5.32 Å². The van der Waals surface area contributed by atoms with Crippen molar-refractivity contribution in [1.82, 2.24) is 14.9 Å². The summed E-state index contributed by atoms with van der Waals surface area (Å²) in [6.45, 7) is 8.18. The third-order valence-electron chi connectivity index (χ3n) is 3.13.